The molecule has 0 spiro atoms. The lowest BCUT2D eigenvalue weighted by molar-refractivity contribution is -0.114. The maximum absolute atomic E-state index is 11.5. The number of ether oxygens (including phenoxy) is 1. The number of aromatic amines is 1. The van der Waals surface area contributed by atoms with Gasteiger partial charge in [-0.1, -0.05) is 6.92 Å². The van der Waals surface area contributed by atoms with Gasteiger partial charge in [-0.05, 0) is 30.7 Å². The molecular formula is C23H23N5O3. The average molecular weight is 417 g/mol. The molecule has 0 fully saturated rings. The van der Waals surface area contributed by atoms with E-state index in [1.54, 1.807) is 37.8 Å². The number of anilines is 1. The molecule has 0 aliphatic carbocycles. The number of amides is 1. The van der Waals surface area contributed by atoms with Crippen LogP contribution in [0.15, 0.2) is 48.9 Å². The van der Waals surface area contributed by atoms with Crippen molar-refractivity contribution in [3.05, 3.63) is 54.5 Å². The molecule has 0 aliphatic rings. The van der Waals surface area contributed by atoms with E-state index in [-0.39, 0.29) is 5.91 Å². The second kappa shape index (κ2) is 8.53. The summed E-state index contributed by atoms with van der Waals surface area (Å²) in [6.07, 6.45) is 5.02. The Balaban J connectivity index is 1.98. The monoisotopic (exact) mass is 417 g/mol. The fraction of sp³-hybridized carbons (Fsp3) is 0.217. The van der Waals surface area contributed by atoms with E-state index in [0.717, 1.165) is 39.0 Å². The Labute approximate surface area is 179 Å². The molecule has 4 aromatic heterocycles. The van der Waals surface area contributed by atoms with E-state index >= 15 is 0 Å². The maximum Gasteiger partial charge on any atom is 0.222 e. The predicted molar refractivity (Wildman–Crippen MR) is 119 cm³/mol. The zero-order chi connectivity index (χ0) is 22.0. The molecule has 4 heterocycles. The molecule has 1 amide bonds. The van der Waals surface area contributed by atoms with E-state index in [9.17, 15) is 9.90 Å². The lowest BCUT2D eigenvalue weighted by atomic mass is 10.0. The summed E-state index contributed by atoms with van der Waals surface area (Å²) in [5, 5.41) is 13.3. The first-order chi connectivity index (χ1) is 15.0. The van der Waals surface area contributed by atoms with Crippen molar-refractivity contribution in [2.24, 2.45) is 0 Å². The Hall–Kier alpha value is -3.78. The van der Waals surface area contributed by atoms with Crippen molar-refractivity contribution < 1.29 is 14.6 Å². The van der Waals surface area contributed by atoms with E-state index in [0.29, 0.717) is 18.1 Å². The van der Waals surface area contributed by atoms with Gasteiger partial charge in [0.15, 0.2) is 0 Å². The van der Waals surface area contributed by atoms with Crippen LogP contribution < -0.4 is 10.1 Å². The highest BCUT2D eigenvalue weighted by molar-refractivity contribution is 6.03. The smallest absolute Gasteiger partial charge is 0.222 e. The molecule has 0 saturated carbocycles. The summed E-state index contributed by atoms with van der Waals surface area (Å²) < 4.78 is 5.19. The van der Waals surface area contributed by atoms with Crippen LogP contribution in [0.25, 0.3) is 33.4 Å². The van der Waals surface area contributed by atoms with Crippen LogP contribution in [0.2, 0.25) is 0 Å². The Morgan fingerprint density at radius 1 is 1.16 bits per heavy atom. The van der Waals surface area contributed by atoms with Crippen molar-refractivity contribution in [2.75, 3.05) is 12.4 Å². The molecule has 8 heteroatoms. The van der Waals surface area contributed by atoms with Crippen molar-refractivity contribution in [2.45, 2.75) is 26.4 Å². The number of carbonyl (C=O) groups excluding carboxylic acids is 1. The third kappa shape index (κ3) is 3.97. The Bertz CT molecular complexity index is 1230. The highest BCUT2D eigenvalue weighted by atomic mass is 16.5. The fourth-order valence-corrected chi connectivity index (χ4v) is 3.58. The molecule has 0 saturated heterocycles. The Morgan fingerprint density at radius 2 is 1.97 bits per heavy atom. The second-order valence-electron chi connectivity index (χ2n) is 7.12. The number of aromatic nitrogens is 4. The van der Waals surface area contributed by atoms with E-state index in [4.69, 9.17) is 4.74 Å². The van der Waals surface area contributed by atoms with Crippen LogP contribution in [-0.2, 0) is 4.79 Å². The number of nitrogens with one attached hydrogen (secondary N) is 2. The van der Waals surface area contributed by atoms with Crippen LogP contribution in [0.5, 0.6) is 5.88 Å². The molecule has 8 nitrogen and oxygen atoms in total. The van der Waals surface area contributed by atoms with Gasteiger partial charge >= 0.3 is 0 Å². The van der Waals surface area contributed by atoms with Crippen LogP contribution in [0.4, 0.5) is 5.82 Å². The lowest BCUT2D eigenvalue weighted by Gasteiger charge is -2.09. The van der Waals surface area contributed by atoms with Crippen LogP contribution in [0.3, 0.4) is 0 Å². The average Bonchev–Trinajstić information content (AvgIpc) is 3.18. The summed E-state index contributed by atoms with van der Waals surface area (Å²) in [5.41, 5.74) is 5.56. The lowest BCUT2D eigenvalue weighted by Crippen LogP contribution is -2.07. The summed E-state index contributed by atoms with van der Waals surface area (Å²) in [6.45, 7) is 3.37. The van der Waals surface area contributed by atoms with Gasteiger partial charge in [0, 0.05) is 53.8 Å². The number of aliphatic hydroxyl groups is 1. The molecule has 4 rings (SSSR count). The number of fused-ring (bicyclic) bond motifs is 1. The van der Waals surface area contributed by atoms with Gasteiger partial charge in [0.05, 0.1) is 29.9 Å². The first-order valence-electron chi connectivity index (χ1n) is 9.94. The summed E-state index contributed by atoms with van der Waals surface area (Å²) in [6, 6.07) is 9.17. The van der Waals surface area contributed by atoms with E-state index in [1.165, 1.54) is 6.92 Å². The number of aliphatic hydroxyl groups excluding tert-OH is 1. The number of hydrogen-bond acceptors (Lipinski definition) is 6. The standard InChI is InChI=1S/C23H23N5O3/c1-4-17(30)16-8-10-25-23-20(15-5-6-19(31-3)26-12-15)21(28-22(16)23)14-7-9-24-18(11-14)27-13(2)29/h5-12,17,28,30H,4H2,1-3H3,(H,24,27,29). The predicted octanol–water partition coefficient (Wildman–Crippen LogP) is 4.10. The maximum atomic E-state index is 11.5. The van der Waals surface area contributed by atoms with Gasteiger partial charge in [-0.15, -0.1) is 0 Å². The second-order valence-corrected chi connectivity index (χ2v) is 7.12. The van der Waals surface area contributed by atoms with Crippen LogP contribution in [0, 0.1) is 0 Å². The fourth-order valence-electron chi connectivity index (χ4n) is 3.58. The number of methoxy groups -OCH3 is 1. The molecule has 158 valence electrons. The third-order valence-corrected chi connectivity index (χ3v) is 5.05. The summed E-state index contributed by atoms with van der Waals surface area (Å²) in [5.74, 6) is 0.761. The van der Waals surface area contributed by atoms with E-state index in [2.05, 4.69) is 25.3 Å². The summed E-state index contributed by atoms with van der Waals surface area (Å²) in [4.78, 5) is 28.1. The Morgan fingerprint density at radius 3 is 2.65 bits per heavy atom. The largest absolute Gasteiger partial charge is 0.481 e. The number of carbonyl (C=O) groups is 1. The van der Waals surface area contributed by atoms with Gasteiger partial charge in [-0.25, -0.2) is 9.97 Å². The highest BCUT2D eigenvalue weighted by Gasteiger charge is 2.21. The normalized spacial score (nSPS) is 12.0. The first kappa shape index (κ1) is 20.5. The van der Waals surface area contributed by atoms with Crippen molar-refractivity contribution in [1.29, 1.82) is 0 Å². The van der Waals surface area contributed by atoms with Crippen LogP contribution in [-0.4, -0.2) is 38.1 Å². The van der Waals surface area contributed by atoms with Gasteiger partial charge in [0.25, 0.3) is 0 Å². The van der Waals surface area contributed by atoms with Gasteiger partial charge in [-0.3, -0.25) is 9.78 Å². The van der Waals surface area contributed by atoms with Crippen molar-refractivity contribution in [3.8, 4) is 28.3 Å². The highest BCUT2D eigenvalue weighted by Crippen LogP contribution is 2.40. The molecule has 4 aromatic rings. The number of hydrogen-bond donors (Lipinski definition) is 3. The minimum Gasteiger partial charge on any atom is -0.481 e. The SMILES string of the molecule is CCC(O)c1ccnc2c(-c3ccc(OC)nc3)c(-c3ccnc(NC(C)=O)c3)[nH]c12. The van der Waals surface area contributed by atoms with Crippen molar-refractivity contribution in [3.63, 3.8) is 0 Å². The summed E-state index contributed by atoms with van der Waals surface area (Å²) >= 11 is 0. The zero-order valence-corrected chi connectivity index (χ0v) is 17.5. The van der Waals surface area contributed by atoms with Crippen LogP contribution in [0.1, 0.15) is 31.9 Å². The van der Waals surface area contributed by atoms with Crippen molar-refractivity contribution in [1.82, 2.24) is 19.9 Å². The third-order valence-electron chi connectivity index (χ3n) is 5.05. The number of H-pyrrole nitrogens is 1. The molecule has 31 heavy (non-hydrogen) atoms. The van der Waals surface area contributed by atoms with Crippen LogP contribution >= 0.6 is 0 Å². The Kier molecular flexibility index (Phi) is 5.64. The molecule has 0 bridgehead atoms. The first-order valence-corrected chi connectivity index (χ1v) is 9.94. The van der Waals surface area contributed by atoms with Gasteiger partial charge in [-0.2, -0.15) is 0 Å². The molecule has 3 N–H and O–H groups in total. The number of rotatable bonds is 6. The quantitative estimate of drug-likeness (QED) is 0.435. The molecule has 0 aromatic carbocycles. The molecular weight excluding hydrogens is 394 g/mol. The number of pyridine rings is 3. The topological polar surface area (TPSA) is 113 Å². The molecule has 1 unspecified atom stereocenters. The van der Waals surface area contributed by atoms with Crippen molar-refractivity contribution >= 4 is 22.8 Å². The zero-order valence-electron chi connectivity index (χ0n) is 17.5. The summed E-state index contributed by atoms with van der Waals surface area (Å²) in [7, 11) is 1.57. The number of nitrogens with zero attached hydrogens (tertiary/aromatic N) is 3. The van der Waals surface area contributed by atoms with Gasteiger partial charge in [0.2, 0.25) is 11.8 Å². The molecule has 1 atom stereocenters. The molecule has 0 radical (unpaired) electrons. The van der Waals surface area contributed by atoms with E-state index in [1.807, 2.05) is 25.1 Å². The van der Waals surface area contributed by atoms with Gasteiger partial charge in [0.1, 0.15) is 5.82 Å². The minimum absolute atomic E-state index is 0.198. The van der Waals surface area contributed by atoms with Gasteiger partial charge < -0.3 is 20.1 Å². The molecule has 0 aliphatic heterocycles. The van der Waals surface area contributed by atoms with E-state index < -0.39 is 6.10 Å². The minimum atomic E-state index is -0.619.